The second-order valence-corrected chi connectivity index (χ2v) is 8.69. The highest BCUT2D eigenvalue weighted by Gasteiger charge is 2.56. The molecule has 1 spiro atoms. The van der Waals surface area contributed by atoms with Crippen molar-refractivity contribution in [3.63, 3.8) is 0 Å². The normalized spacial score (nSPS) is 26.2. The van der Waals surface area contributed by atoms with E-state index in [0.717, 1.165) is 16.7 Å². The van der Waals surface area contributed by atoms with Gasteiger partial charge in [-0.3, -0.25) is 9.69 Å². The fourth-order valence-electron chi connectivity index (χ4n) is 3.56. The first-order chi connectivity index (χ1) is 12.2. The largest absolute Gasteiger partial charge is 0.324 e. The standard InChI is InChI=1S/C17H20ClN3O4S/c1-21-15(22)17(20-16(21)23)8-3-5-13(17)11-19-26(24,25)9-7-12-4-2-6-14(18)10-12/h2,4,6-7,9-10,13,19H,3,5,8,11H2,1H3,(H,20,23)/b9-7+. The summed E-state index contributed by atoms with van der Waals surface area (Å²) in [5.74, 6) is -0.572. The lowest BCUT2D eigenvalue weighted by Gasteiger charge is -2.28. The lowest BCUT2D eigenvalue weighted by atomic mass is 9.87. The van der Waals surface area contributed by atoms with Crippen LogP contribution in [0.25, 0.3) is 6.08 Å². The molecular weight excluding hydrogens is 378 g/mol. The zero-order valence-electron chi connectivity index (χ0n) is 14.2. The van der Waals surface area contributed by atoms with Crippen molar-refractivity contribution in [2.24, 2.45) is 5.92 Å². The van der Waals surface area contributed by atoms with Gasteiger partial charge in [0, 0.05) is 29.9 Å². The average molecular weight is 398 g/mol. The van der Waals surface area contributed by atoms with Crippen LogP contribution in [0.2, 0.25) is 5.02 Å². The van der Waals surface area contributed by atoms with E-state index in [-0.39, 0.29) is 18.4 Å². The molecule has 2 atom stereocenters. The Morgan fingerprint density at radius 2 is 2.19 bits per heavy atom. The van der Waals surface area contributed by atoms with Crippen LogP contribution in [0.15, 0.2) is 29.7 Å². The van der Waals surface area contributed by atoms with Crippen LogP contribution in [-0.2, 0) is 14.8 Å². The van der Waals surface area contributed by atoms with E-state index in [1.165, 1.54) is 13.1 Å². The van der Waals surface area contributed by atoms with Crippen molar-refractivity contribution >= 4 is 39.6 Å². The van der Waals surface area contributed by atoms with E-state index in [1.807, 2.05) is 0 Å². The van der Waals surface area contributed by atoms with Crippen LogP contribution in [0.4, 0.5) is 4.79 Å². The zero-order valence-corrected chi connectivity index (χ0v) is 15.8. The predicted molar refractivity (Wildman–Crippen MR) is 98.8 cm³/mol. The number of carbonyl (C=O) groups is 2. The van der Waals surface area contributed by atoms with Crippen molar-refractivity contribution in [2.75, 3.05) is 13.6 Å². The first kappa shape index (κ1) is 18.9. The summed E-state index contributed by atoms with van der Waals surface area (Å²) in [6.07, 6.45) is 3.40. The predicted octanol–water partition coefficient (Wildman–Crippen LogP) is 1.95. The van der Waals surface area contributed by atoms with E-state index in [2.05, 4.69) is 10.0 Å². The van der Waals surface area contributed by atoms with Crippen molar-refractivity contribution < 1.29 is 18.0 Å². The van der Waals surface area contributed by atoms with Crippen molar-refractivity contribution in [3.05, 3.63) is 40.3 Å². The van der Waals surface area contributed by atoms with Crippen LogP contribution < -0.4 is 10.0 Å². The summed E-state index contributed by atoms with van der Waals surface area (Å²) in [4.78, 5) is 25.3. The molecule has 140 valence electrons. The Kier molecular flexibility index (Phi) is 5.09. The summed E-state index contributed by atoms with van der Waals surface area (Å²) in [6.45, 7) is 0.0854. The molecule has 0 aromatic heterocycles. The van der Waals surface area contributed by atoms with Crippen molar-refractivity contribution in [1.29, 1.82) is 0 Å². The third-order valence-corrected chi connectivity index (χ3v) is 6.26. The second-order valence-electron chi connectivity index (χ2n) is 6.61. The number of amides is 3. The van der Waals surface area contributed by atoms with Crippen LogP contribution >= 0.6 is 11.6 Å². The van der Waals surface area contributed by atoms with Crippen LogP contribution in [-0.4, -0.2) is 44.4 Å². The van der Waals surface area contributed by atoms with Gasteiger partial charge >= 0.3 is 6.03 Å². The maximum absolute atomic E-state index is 12.5. The molecule has 1 saturated carbocycles. The maximum Gasteiger partial charge on any atom is 0.324 e. The lowest BCUT2D eigenvalue weighted by molar-refractivity contribution is -0.131. The SMILES string of the molecule is CN1C(=O)NC2(CCCC2CNS(=O)(=O)/C=C/c2cccc(Cl)c2)C1=O. The Bertz CT molecular complexity index is 871. The molecule has 3 amide bonds. The topological polar surface area (TPSA) is 95.6 Å². The Balaban J connectivity index is 1.68. The summed E-state index contributed by atoms with van der Waals surface area (Å²) in [7, 11) is -2.25. The van der Waals surface area contributed by atoms with Gasteiger partial charge in [-0.2, -0.15) is 0 Å². The number of carbonyl (C=O) groups excluding carboxylic acids is 2. The minimum atomic E-state index is -3.68. The van der Waals surface area contributed by atoms with Crippen LogP contribution in [0.5, 0.6) is 0 Å². The van der Waals surface area contributed by atoms with E-state index < -0.39 is 21.6 Å². The summed E-state index contributed by atoms with van der Waals surface area (Å²) in [5.41, 5.74) is -0.328. The molecule has 0 bridgehead atoms. The molecule has 1 aliphatic heterocycles. The first-order valence-electron chi connectivity index (χ1n) is 8.27. The van der Waals surface area contributed by atoms with Gasteiger partial charge in [0.1, 0.15) is 5.54 Å². The summed E-state index contributed by atoms with van der Waals surface area (Å²) in [6, 6.07) is 6.39. The van der Waals surface area contributed by atoms with E-state index in [9.17, 15) is 18.0 Å². The third-order valence-electron chi connectivity index (χ3n) is 4.96. The van der Waals surface area contributed by atoms with Crippen LogP contribution in [0.1, 0.15) is 24.8 Å². The molecule has 2 aliphatic rings. The molecule has 1 aliphatic carbocycles. The van der Waals surface area contributed by atoms with Crippen molar-refractivity contribution in [1.82, 2.24) is 14.9 Å². The fraction of sp³-hybridized carbons (Fsp3) is 0.412. The molecule has 9 heteroatoms. The molecule has 26 heavy (non-hydrogen) atoms. The number of likely N-dealkylation sites (N-methyl/N-ethyl adjacent to an activating group) is 1. The Morgan fingerprint density at radius 1 is 1.42 bits per heavy atom. The first-order valence-corrected chi connectivity index (χ1v) is 10.2. The van der Waals surface area contributed by atoms with Gasteiger partial charge in [0.2, 0.25) is 10.0 Å². The Labute approximate surface area is 157 Å². The highest BCUT2D eigenvalue weighted by molar-refractivity contribution is 7.92. The summed E-state index contributed by atoms with van der Waals surface area (Å²) < 4.78 is 27.0. The third kappa shape index (κ3) is 3.62. The summed E-state index contributed by atoms with van der Waals surface area (Å²) in [5, 5.41) is 4.34. The number of sulfonamides is 1. The highest BCUT2D eigenvalue weighted by atomic mass is 35.5. The van der Waals surface area contributed by atoms with Gasteiger partial charge < -0.3 is 5.32 Å². The second kappa shape index (κ2) is 7.02. The molecule has 2 N–H and O–H groups in total. The average Bonchev–Trinajstić information content (AvgIpc) is 3.09. The van der Waals surface area contributed by atoms with Gasteiger partial charge in [-0.25, -0.2) is 17.9 Å². The van der Waals surface area contributed by atoms with Gasteiger partial charge in [0.05, 0.1) is 0 Å². The van der Waals surface area contributed by atoms with Gasteiger partial charge in [0.15, 0.2) is 0 Å². The minimum absolute atomic E-state index is 0.0854. The zero-order chi connectivity index (χ0) is 18.9. The van der Waals surface area contributed by atoms with Crippen molar-refractivity contribution in [2.45, 2.75) is 24.8 Å². The Hall–Kier alpha value is -1.90. The van der Waals surface area contributed by atoms with E-state index in [0.29, 0.717) is 23.4 Å². The molecule has 7 nitrogen and oxygen atoms in total. The number of benzene rings is 1. The van der Waals surface area contributed by atoms with Gasteiger partial charge in [0.25, 0.3) is 5.91 Å². The number of urea groups is 1. The molecule has 1 heterocycles. The number of hydrogen-bond donors (Lipinski definition) is 2. The van der Waals surface area contributed by atoms with Crippen molar-refractivity contribution in [3.8, 4) is 0 Å². The number of hydrogen-bond acceptors (Lipinski definition) is 4. The lowest BCUT2D eigenvalue weighted by Crippen LogP contribution is -2.53. The van der Waals surface area contributed by atoms with Gasteiger partial charge in [-0.05, 0) is 36.6 Å². The Morgan fingerprint density at radius 3 is 2.85 bits per heavy atom. The molecule has 2 unspecified atom stereocenters. The highest BCUT2D eigenvalue weighted by Crippen LogP contribution is 2.39. The van der Waals surface area contributed by atoms with Gasteiger partial charge in [-0.1, -0.05) is 30.2 Å². The number of halogens is 1. The van der Waals surface area contributed by atoms with Crippen LogP contribution in [0.3, 0.4) is 0 Å². The molecule has 1 aromatic rings. The minimum Gasteiger partial charge on any atom is -0.323 e. The quantitative estimate of drug-likeness (QED) is 0.742. The van der Waals surface area contributed by atoms with Crippen LogP contribution in [0, 0.1) is 5.92 Å². The fourth-order valence-corrected chi connectivity index (χ4v) is 4.63. The monoisotopic (exact) mass is 397 g/mol. The maximum atomic E-state index is 12.5. The molecule has 2 fully saturated rings. The molecule has 1 saturated heterocycles. The molecule has 3 rings (SSSR count). The van der Waals surface area contributed by atoms with E-state index in [4.69, 9.17) is 11.6 Å². The van der Waals surface area contributed by atoms with E-state index in [1.54, 1.807) is 24.3 Å². The number of imide groups is 1. The number of nitrogens with zero attached hydrogens (tertiary/aromatic N) is 1. The smallest absolute Gasteiger partial charge is 0.323 e. The van der Waals surface area contributed by atoms with Gasteiger partial charge in [-0.15, -0.1) is 0 Å². The number of nitrogens with one attached hydrogen (secondary N) is 2. The molecule has 1 aromatic carbocycles. The van der Waals surface area contributed by atoms with E-state index >= 15 is 0 Å². The number of rotatable bonds is 5. The molecular formula is C17H20ClN3O4S. The summed E-state index contributed by atoms with van der Waals surface area (Å²) >= 11 is 5.88. The molecule has 0 radical (unpaired) electrons.